The van der Waals surface area contributed by atoms with Gasteiger partial charge in [-0.1, -0.05) is 39.3 Å². The number of imidazole rings is 1. The summed E-state index contributed by atoms with van der Waals surface area (Å²) in [6.07, 6.45) is 2.49. The van der Waals surface area contributed by atoms with Crippen molar-refractivity contribution in [2.45, 2.75) is 71.4 Å². The van der Waals surface area contributed by atoms with Crippen LogP contribution in [0.1, 0.15) is 64.4 Å². The van der Waals surface area contributed by atoms with E-state index in [0.717, 1.165) is 35.1 Å². The molecule has 4 rings (SSSR count). The Bertz CT molecular complexity index is 1550. The molecular weight excluding hydrogens is 505 g/mol. The first-order valence-electron chi connectivity index (χ1n) is 12.6. The van der Waals surface area contributed by atoms with E-state index in [0.29, 0.717) is 23.0 Å². The second-order valence-corrected chi connectivity index (χ2v) is 12.0. The van der Waals surface area contributed by atoms with Crippen molar-refractivity contribution < 1.29 is 24.0 Å². The molecule has 11 heteroatoms. The van der Waals surface area contributed by atoms with Gasteiger partial charge in [-0.3, -0.25) is 9.79 Å². The number of benzene rings is 2. The molecule has 7 N–H and O–H groups in total. The smallest absolute Gasteiger partial charge is 0.508 e. The Hall–Kier alpha value is -3.17. The summed E-state index contributed by atoms with van der Waals surface area (Å²) in [4.78, 5) is 28.4. The molecule has 0 saturated carbocycles. The zero-order chi connectivity index (χ0) is 28.0. The number of phosphoric acid groups is 1. The molecule has 2 aromatic heterocycles. The van der Waals surface area contributed by atoms with Gasteiger partial charge in [0, 0.05) is 28.3 Å². The summed E-state index contributed by atoms with van der Waals surface area (Å²) in [6.45, 7) is 10.4. The van der Waals surface area contributed by atoms with Gasteiger partial charge in [-0.2, -0.15) is 0 Å². The average molecular weight is 542 g/mol. The standard InChI is InChI=1S/C27H36N5O5P/c1-6-7-8-22-31-23-24(32(22)15-16-13-18(33)10-12-21(16)37-38(34,35)36)19-11-9-17(14-20(19)30-25(23)28)26(2,3)27(4,5)29/h9-14,33H,6-8,15,29H2,1-5H3,(H2,28,30)(H2,34,35,36). The number of anilines is 1. The van der Waals surface area contributed by atoms with Crippen LogP contribution >= 0.6 is 7.82 Å². The molecule has 0 aliphatic carbocycles. The van der Waals surface area contributed by atoms with Crippen molar-refractivity contribution in [2.24, 2.45) is 5.73 Å². The first-order chi connectivity index (χ1) is 17.6. The lowest BCUT2D eigenvalue weighted by atomic mass is 9.70. The molecule has 0 spiro atoms. The van der Waals surface area contributed by atoms with Crippen molar-refractivity contribution in [3.63, 3.8) is 0 Å². The number of pyridine rings is 1. The molecule has 4 aromatic rings. The van der Waals surface area contributed by atoms with Crippen molar-refractivity contribution in [2.75, 3.05) is 5.73 Å². The number of nitrogens with zero attached hydrogens (tertiary/aromatic N) is 3. The lowest BCUT2D eigenvalue weighted by Crippen LogP contribution is -2.50. The Morgan fingerprint density at radius 2 is 1.79 bits per heavy atom. The van der Waals surface area contributed by atoms with Crippen LogP contribution in [0.5, 0.6) is 11.5 Å². The predicted molar refractivity (Wildman–Crippen MR) is 149 cm³/mol. The van der Waals surface area contributed by atoms with E-state index >= 15 is 0 Å². The van der Waals surface area contributed by atoms with E-state index in [2.05, 4.69) is 25.8 Å². The van der Waals surface area contributed by atoms with Crippen LogP contribution in [0.25, 0.3) is 21.9 Å². The fourth-order valence-electron chi connectivity index (χ4n) is 4.49. The Balaban J connectivity index is 1.97. The van der Waals surface area contributed by atoms with Crippen LogP contribution in [0.15, 0.2) is 36.4 Å². The average Bonchev–Trinajstić information content (AvgIpc) is 3.16. The highest BCUT2D eigenvalue weighted by molar-refractivity contribution is 7.46. The molecule has 38 heavy (non-hydrogen) atoms. The SMILES string of the molecule is CCCCc1nc2c(N)nc3cc(C(C)(C)C(C)(C)N)ccc3c2n1Cc1cc(O)ccc1OP(=O)(O)O. The molecule has 0 radical (unpaired) electrons. The number of hydrogen-bond acceptors (Lipinski definition) is 7. The molecule has 2 heterocycles. The molecule has 204 valence electrons. The van der Waals surface area contributed by atoms with E-state index in [-0.39, 0.29) is 29.3 Å². The number of nitrogen functional groups attached to an aromatic ring is 1. The van der Waals surface area contributed by atoms with Crippen LogP contribution in [0, 0.1) is 0 Å². The lowest BCUT2D eigenvalue weighted by Gasteiger charge is -2.39. The van der Waals surface area contributed by atoms with Crippen LogP contribution in [0.3, 0.4) is 0 Å². The number of fused-ring (bicyclic) bond motifs is 3. The van der Waals surface area contributed by atoms with Gasteiger partial charge in [0.2, 0.25) is 0 Å². The summed E-state index contributed by atoms with van der Waals surface area (Å²) in [5.41, 5.74) is 15.5. The largest absolute Gasteiger partial charge is 0.524 e. The number of phenols is 1. The van der Waals surface area contributed by atoms with Gasteiger partial charge in [0.15, 0.2) is 5.82 Å². The molecule has 0 atom stereocenters. The van der Waals surface area contributed by atoms with Crippen molar-refractivity contribution in [3.05, 3.63) is 53.3 Å². The maximum atomic E-state index is 11.6. The fourth-order valence-corrected chi connectivity index (χ4v) is 4.93. The van der Waals surface area contributed by atoms with Crippen molar-refractivity contribution in [3.8, 4) is 11.5 Å². The topological polar surface area (TPSA) is 170 Å². The number of nitrogens with two attached hydrogens (primary N) is 2. The first-order valence-corrected chi connectivity index (χ1v) is 14.1. The summed E-state index contributed by atoms with van der Waals surface area (Å²) in [6, 6.07) is 10.1. The molecule has 0 saturated heterocycles. The Morgan fingerprint density at radius 3 is 2.42 bits per heavy atom. The Labute approximate surface area is 221 Å². The zero-order valence-corrected chi connectivity index (χ0v) is 23.3. The minimum atomic E-state index is -4.83. The third kappa shape index (κ3) is 5.35. The van der Waals surface area contributed by atoms with Gasteiger partial charge in [0.05, 0.1) is 17.6 Å². The summed E-state index contributed by atoms with van der Waals surface area (Å²) in [5.74, 6) is 0.953. The second kappa shape index (κ2) is 9.85. The summed E-state index contributed by atoms with van der Waals surface area (Å²) in [5, 5.41) is 11.0. The number of aryl methyl sites for hydroxylation is 1. The van der Waals surface area contributed by atoms with Gasteiger partial charge < -0.3 is 25.7 Å². The van der Waals surface area contributed by atoms with E-state index in [1.807, 2.05) is 36.6 Å². The highest BCUT2D eigenvalue weighted by atomic mass is 31.2. The van der Waals surface area contributed by atoms with Gasteiger partial charge >= 0.3 is 7.82 Å². The first kappa shape index (κ1) is 27.9. The van der Waals surface area contributed by atoms with Crippen molar-refractivity contribution in [1.29, 1.82) is 0 Å². The van der Waals surface area contributed by atoms with Gasteiger partial charge in [-0.25, -0.2) is 14.5 Å². The quantitative estimate of drug-likeness (QED) is 0.188. The molecule has 2 aromatic carbocycles. The normalized spacial score (nSPS) is 12.9. The van der Waals surface area contributed by atoms with Crippen molar-refractivity contribution >= 4 is 35.6 Å². The maximum Gasteiger partial charge on any atom is 0.524 e. The highest BCUT2D eigenvalue weighted by Crippen LogP contribution is 2.41. The van der Waals surface area contributed by atoms with Crippen LogP contribution in [-0.2, 0) is 22.9 Å². The highest BCUT2D eigenvalue weighted by Gasteiger charge is 2.35. The number of aromatic nitrogens is 3. The molecule has 10 nitrogen and oxygen atoms in total. The van der Waals surface area contributed by atoms with E-state index < -0.39 is 13.4 Å². The molecule has 0 fully saturated rings. The second-order valence-electron chi connectivity index (χ2n) is 10.9. The molecular formula is C27H36N5O5P. The van der Waals surface area contributed by atoms with Crippen LogP contribution in [0.4, 0.5) is 5.82 Å². The van der Waals surface area contributed by atoms with Crippen LogP contribution in [0.2, 0.25) is 0 Å². The van der Waals surface area contributed by atoms with E-state index in [1.54, 1.807) is 0 Å². The minimum Gasteiger partial charge on any atom is -0.508 e. The van der Waals surface area contributed by atoms with Gasteiger partial charge in [0.1, 0.15) is 22.8 Å². The summed E-state index contributed by atoms with van der Waals surface area (Å²) in [7, 11) is -4.83. The van der Waals surface area contributed by atoms with E-state index in [4.69, 9.17) is 21.0 Å². The number of unbranched alkanes of at least 4 members (excludes halogenated alkanes) is 1. The minimum absolute atomic E-state index is 0.0278. The van der Waals surface area contributed by atoms with Crippen molar-refractivity contribution in [1.82, 2.24) is 14.5 Å². The predicted octanol–water partition coefficient (Wildman–Crippen LogP) is 4.75. The Kier molecular flexibility index (Phi) is 7.22. The number of rotatable bonds is 9. The van der Waals surface area contributed by atoms with Gasteiger partial charge in [-0.05, 0) is 50.1 Å². The third-order valence-electron chi connectivity index (χ3n) is 7.46. The number of phenolic OH excluding ortho intramolecular Hbond substituents is 1. The molecule has 0 aliphatic heterocycles. The van der Waals surface area contributed by atoms with Crippen LogP contribution in [-0.4, -0.2) is 35.0 Å². The zero-order valence-electron chi connectivity index (χ0n) is 22.4. The van der Waals surface area contributed by atoms with E-state index in [1.165, 1.54) is 18.2 Å². The van der Waals surface area contributed by atoms with Gasteiger partial charge in [-0.15, -0.1) is 0 Å². The number of hydrogen-bond donors (Lipinski definition) is 5. The summed E-state index contributed by atoms with van der Waals surface area (Å²) >= 11 is 0. The van der Waals surface area contributed by atoms with E-state index in [9.17, 15) is 19.5 Å². The monoisotopic (exact) mass is 541 g/mol. The Morgan fingerprint density at radius 1 is 1.08 bits per heavy atom. The van der Waals surface area contributed by atoms with Crippen LogP contribution < -0.4 is 16.0 Å². The molecule has 0 bridgehead atoms. The molecule has 0 aliphatic rings. The third-order valence-corrected chi connectivity index (χ3v) is 7.89. The fraction of sp³-hybridized carbons (Fsp3) is 0.407. The number of phosphoric ester groups is 1. The molecule has 0 unspecified atom stereocenters. The maximum absolute atomic E-state index is 11.6. The number of aromatic hydroxyl groups is 1. The molecule has 0 amide bonds. The lowest BCUT2D eigenvalue weighted by molar-refractivity contribution is 0.282. The van der Waals surface area contributed by atoms with Gasteiger partial charge in [0.25, 0.3) is 0 Å². The summed E-state index contributed by atoms with van der Waals surface area (Å²) < 4.78 is 18.5.